The van der Waals surface area contributed by atoms with E-state index in [1.54, 1.807) is 23.2 Å². The third kappa shape index (κ3) is 4.83. The number of amides is 1. The van der Waals surface area contributed by atoms with Gasteiger partial charge in [-0.3, -0.25) is 0 Å². The molecule has 1 saturated heterocycles. The Morgan fingerprint density at radius 1 is 1.41 bits per heavy atom. The lowest BCUT2D eigenvalue weighted by molar-refractivity contribution is 0.00338. The maximum absolute atomic E-state index is 14.9. The minimum absolute atomic E-state index is 0.291. The predicted molar refractivity (Wildman–Crippen MR) is 83.8 cm³/mol. The van der Waals surface area contributed by atoms with E-state index in [4.69, 9.17) is 16.3 Å². The van der Waals surface area contributed by atoms with Crippen molar-refractivity contribution in [2.75, 3.05) is 13.1 Å². The Bertz CT molecular complexity index is 520. The molecule has 1 amide bonds. The first-order valence-corrected chi connectivity index (χ1v) is 7.82. The van der Waals surface area contributed by atoms with Crippen molar-refractivity contribution in [2.24, 2.45) is 0 Å². The summed E-state index contributed by atoms with van der Waals surface area (Å²) in [5.41, 5.74) is -1.03. The molecule has 0 radical (unpaired) electrons. The second kappa shape index (κ2) is 6.41. The van der Waals surface area contributed by atoms with Gasteiger partial charge in [-0.25, -0.2) is 14.2 Å². The smallest absolute Gasteiger partial charge is 0.410 e. The lowest BCUT2D eigenvalue weighted by Crippen LogP contribution is -2.47. The zero-order valence-electron chi connectivity index (χ0n) is 13.2. The third-order valence-corrected chi connectivity index (χ3v) is 3.84. The minimum Gasteiger partial charge on any atom is -0.444 e. The highest BCUT2D eigenvalue weighted by atomic mass is 35.5. The van der Waals surface area contributed by atoms with Crippen LogP contribution in [-0.4, -0.2) is 40.3 Å². The number of nitrogens with zero attached hydrogens (tertiary/aromatic N) is 2. The van der Waals surface area contributed by atoms with Crippen LogP contribution in [-0.2, 0) is 11.2 Å². The highest BCUT2D eigenvalue weighted by Crippen LogP contribution is 2.31. The summed E-state index contributed by atoms with van der Waals surface area (Å²) < 4.78 is 20.2. The first kappa shape index (κ1) is 17.0. The number of piperidine rings is 1. The van der Waals surface area contributed by atoms with Gasteiger partial charge in [-0.1, -0.05) is 17.7 Å². The maximum atomic E-state index is 14.9. The van der Waals surface area contributed by atoms with Gasteiger partial charge in [0, 0.05) is 25.7 Å². The second-order valence-corrected chi connectivity index (χ2v) is 7.17. The molecule has 1 aromatic rings. The van der Waals surface area contributed by atoms with Crippen molar-refractivity contribution in [3.8, 4) is 0 Å². The van der Waals surface area contributed by atoms with Crippen LogP contribution in [0.5, 0.6) is 0 Å². The van der Waals surface area contributed by atoms with Crippen molar-refractivity contribution >= 4 is 17.7 Å². The number of pyridine rings is 1. The molecule has 0 aromatic carbocycles. The monoisotopic (exact) mass is 328 g/mol. The van der Waals surface area contributed by atoms with Gasteiger partial charge in [-0.05, 0) is 45.2 Å². The molecule has 2 rings (SSSR count). The summed E-state index contributed by atoms with van der Waals surface area (Å²) in [6, 6.07) is 3.45. The Morgan fingerprint density at radius 3 is 2.55 bits per heavy atom. The molecule has 22 heavy (non-hydrogen) atoms. The van der Waals surface area contributed by atoms with Gasteiger partial charge >= 0.3 is 6.09 Å². The fourth-order valence-electron chi connectivity index (χ4n) is 2.47. The van der Waals surface area contributed by atoms with Crippen molar-refractivity contribution in [3.63, 3.8) is 0 Å². The number of hydrogen-bond donors (Lipinski definition) is 0. The molecule has 1 aliphatic heterocycles. The van der Waals surface area contributed by atoms with E-state index in [-0.39, 0.29) is 6.09 Å². The first-order chi connectivity index (χ1) is 10.2. The molecule has 6 heteroatoms. The standard InChI is InChI=1S/C16H22ClFN2O2/c1-15(2,3)22-14(21)20-8-6-16(18,7-9-20)10-12-4-5-13(17)19-11-12/h4-5,11H,6-10H2,1-3H3. The van der Waals surface area contributed by atoms with E-state index < -0.39 is 11.3 Å². The fraction of sp³-hybridized carbons (Fsp3) is 0.625. The molecule has 1 fully saturated rings. The van der Waals surface area contributed by atoms with Crippen LogP contribution in [0.1, 0.15) is 39.2 Å². The Hall–Kier alpha value is -1.36. The van der Waals surface area contributed by atoms with Gasteiger partial charge in [-0.15, -0.1) is 0 Å². The van der Waals surface area contributed by atoms with Gasteiger partial charge in [0.1, 0.15) is 16.4 Å². The summed E-state index contributed by atoms with van der Waals surface area (Å²) in [6.07, 6.45) is 2.12. The zero-order chi connectivity index (χ0) is 16.4. The van der Waals surface area contributed by atoms with E-state index in [2.05, 4.69) is 4.98 Å². The second-order valence-electron chi connectivity index (χ2n) is 6.78. The third-order valence-electron chi connectivity index (χ3n) is 3.62. The molecule has 0 saturated carbocycles. The SMILES string of the molecule is CC(C)(C)OC(=O)N1CCC(F)(Cc2ccc(Cl)nc2)CC1. The van der Waals surface area contributed by atoms with Crippen LogP contribution in [0.25, 0.3) is 0 Å². The number of hydrogen-bond acceptors (Lipinski definition) is 3. The Labute approximate surface area is 135 Å². The number of carbonyl (C=O) groups is 1. The van der Waals surface area contributed by atoms with Crippen LogP contribution >= 0.6 is 11.6 Å². The highest BCUT2D eigenvalue weighted by Gasteiger charge is 2.37. The van der Waals surface area contributed by atoms with Gasteiger partial charge in [0.05, 0.1) is 0 Å². The zero-order valence-corrected chi connectivity index (χ0v) is 14.0. The van der Waals surface area contributed by atoms with Gasteiger partial charge in [0.25, 0.3) is 0 Å². The summed E-state index contributed by atoms with van der Waals surface area (Å²) in [6.45, 7) is 6.20. The summed E-state index contributed by atoms with van der Waals surface area (Å²) in [7, 11) is 0. The molecule has 0 unspecified atom stereocenters. The average Bonchev–Trinajstić information content (AvgIpc) is 2.40. The number of alkyl halides is 1. The summed E-state index contributed by atoms with van der Waals surface area (Å²) in [5.74, 6) is 0. The minimum atomic E-state index is -1.31. The van der Waals surface area contributed by atoms with Gasteiger partial charge in [-0.2, -0.15) is 0 Å². The van der Waals surface area contributed by atoms with E-state index in [1.807, 2.05) is 20.8 Å². The number of ether oxygens (including phenoxy) is 1. The van der Waals surface area contributed by atoms with E-state index in [0.717, 1.165) is 5.56 Å². The maximum Gasteiger partial charge on any atom is 0.410 e. The number of aromatic nitrogens is 1. The molecule has 0 spiro atoms. The molecule has 1 aromatic heterocycles. The van der Waals surface area contributed by atoms with Crippen molar-refractivity contribution in [1.29, 1.82) is 0 Å². The molecular weight excluding hydrogens is 307 g/mol. The Kier molecular flexibility index (Phi) is 4.95. The van der Waals surface area contributed by atoms with Crippen molar-refractivity contribution in [1.82, 2.24) is 9.88 Å². The fourth-order valence-corrected chi connectivity index (χ4v) is 2.58. The molecule has 0 atom stereocenters. The highest BCUT2D eigenvalue weighted by molar-refractivity contribution is 6.29. The molecule has 2 heterocycles. The van der Waals surface area contributed by atoms with Crippen LogP contribution < -0.4 is 0 Å². The normalized spacial score (nSPS) is 18.1. The topological polar surface area (TPSA) is 42.4 Å². The molecular formula is C16H22ClFN2O2. The Balaban J connectivity index is 1.90. The van der Waals surface area contributed by atoms with Gasteiger partial charge in [0.15, 0.2) is 0 Å². The first-order valence-electron chi connectivity index (χ1n) is 7.44. The summed E-state index contributed by atoms with van der Waals surface area (Å²) in [4.78, 5) is 17.5. The van der Waals surface area contributed by atoms with E-state index in [0.29, 0.717) is 37.5 Å². The molecule has 122 valence electrons. The summed E-state index contributed by atoms with van der Waals surface area (Å²) in [5, 5.41) is 0.399. The molecule has 0 bridgehead atoms. The molecule has 0 aliphatic carbocycles. The average molecular weight is 329 g/mol. The van der Waals surface area contributed by atoms with E-state index >= 15 is 0 Å². The molecule has 1 aliphatic rings. The molecule has 4 nitrogen and oxygen atoms in total. The van der Waals surface area contributed by atoms with Gasteiger partial charge in [0.2, 0.25) is 0 Å². The van der Waals surface area contributed by atoms with Crippen molar-refractivity contribution < 1.29 is 13.9 Å². The number of halogens is 2. The summed E-state index contributed by atoms with van der Waals surface area (Å²) >= 11 is 5.73. The molecule has 0 N–H and O–H groups in total. The van der Waals surface area contributed by atoms with Crippen molar-refractivity contribution in [3.05, 3.63) is 29.0 Å². The van der Waals surface area contributed by atoms with Crippen LogP contribution in [0.15, 0.2) is 18.3 Å². The van der Waals surface area contributed by atoms with Crippen LogP contribution in [0, 0.1) is 0 Å². The van der Waals surface area contributed by atoms with Crippen LogP contribution in [0.4, 0.5) is 9.18 Å². The Morgan fingerprint density at radius 2 is 2.05 bits per heavy atom. The quantitative estimate of drug-likeness (QED) is 0.770. The van der Waals surface area contributed by atoms with E-state index in [9.17, 15) is 9.18 Å². The predicted octanol–water partition coefficient (Wildman–Crippen LogP) is 4.02. The van der Waals surface area contributed by atoms with E-state index in [1.165, 1.54) is 0 Å². The van der Waals surface area contributed by atoms with Gasteiger partial charge < -0.3 is 9.64 Å². The number of likely N-dealkylation sites (tertiary alicyclic amines) is 1. The van der Waals surface area contributed by atoms with Crippen LogP contribution in [0.2, 0.25) is 5.15 Å². The lowest BCUT2D eigenvalue weighted by atomic mass is 9.87. The lowest BCUT2D eigenvalue weighted by Gasteiger charge is -2.37. The van der Waals surface area contributed by atoms with Crippen LogP contribution in [0.3, 0.4) is 0 Å². The van der Waals surface area contributed by atoms with Crippen molar-refractivity contribution in [2.45, 2.75) is 51.3 Å². The largest absolute Gasteiger partial charge is 0.444 e. The number of carbonyl (C=O) groups excluding carboxylic acids is 1. The number of rotatable bonds is 2.